The van der Waals surface area contributed by atoms with Gasteiger partial charge in [-0.05, 0) is 39.9 Å². The van der Waals surface area contributed by atoms with Crippen molar-refractivity contribution in [1.29, 1.82) is 5.26 Å². The lowest BCUT2D eigenvalue weighted by Crippen LogP contribution is -2.31. The number of aromatic nitrogens is 4. The normalized spacial score (nSPS) is 15.9. The maximum absolute atomic E-state index is 12.5. The standard InChI is InChI=1S/C17H23N7O/c1-13-15(12-19-23(13)8-3-7-18)17(25)20-16-6-11-24(21-16)14-4-9-22(2)10-5-14/h6,11-12,14H,3-5,8-10H2,1-2H3,(H,20,21,25). The SMILES string of the molecule is Cc1c(C(=O)Nc2ccn(C3CCN(C)CC3)n2)cnn1CCC#N. The molecule has 0 spiro atoms. The van der Waals surface area contributed by atoms with Gasteiger partial charge in [-0.15, -0.1) is 0 Å². The fourth-order valence-corrected chi connectivity index (χ4v) is 3.10. The average molecular weight is 341 g/mol. The Morgan fingerprint density at radius 1 is 1.44 bits per heavy atom. The summed E-state index contributed by atoms with van der Waals surface area (Å²) in [7, 11) is 2.13. The van der Waals surface area contributed by atoms with Gasteiger partial charge in [0.2, 0.25) is 0 Å². The van der Waals surface area contributed by atoms with Crippen LogP contribution >= 0.6 is 0 Å². The molecule has 1 aliphatic heterocycles. The zero-order chi connectivity index (χ0) is 17.8. The summed E-state index contributed by atoms with van der Waals surface area (Å²) >= 11 is 0. The van der Waals surface area contributed by atoms with Gasteiger partial charge in [-0.25, -0.2) is 0 Å². The van der Waals surface area contributed by atoms with E-state index in [0.717, 1.165) is 31.6 Å². The summed E-state index contributed by atoms with van der Waals surface area (Å²) < 4.78 is 3.63. The predicted molar refractivity (Wildman–Crippen MR) is 93.1 cm³/mol. The van der Waals surface area contributed by atoms with Crippen molar-refractivity contribution in [2.45, 2.75) is 38.8 Å². The zero-order valence-corrected chi connectivity index (χ0v) is 14.6. The minimum atomic E-state index is -0.227. The average Bonchev–Trinajstić information content (AvgIpc) is 3.20. The first kappa shape index (κ1) is 17.2. The second kappa shape index (κ2) is 7.49. The first-order chi connectivity index (χ1) is 12.1. The van der Waals surface area contributed by atoms with E-state index < -0.39 is 0 Å². The number of aryl methyl sites for hydroxylation is 1. The van der Waals surface area contributed by atoms with E-state index in [9.17, 15) is 4.79 Å². The number of amides is 1. The maximum atomic E-state index is 12.5. The predicted octanol–water partition coefficient (Wildman–Crippen LogP) is 1.82. The number of hydrogen-bond donors (Lipinski definition) is 1. The number of nitrogens with zero attached hydrogens (tertiary/aromatic N) is 6. The van der Waals surface area contributed by atoms with E-state index in [2.05, 4.69) is 33.5 Å². The van der Waals surface area contributed by atoms with Gasteiger partial charge in [-0.3, -0.25) is 14.2 Å². The highest BCUT2D eigenvalue weighted by atomic mass is 16.1. The lowest BCUT2D eigenvalue weighted by molar-refractivity contribution is 0.102. The van der Waals surface area contributed by atoms with E-state index in [1.807, 2.05) is 23.9 Å². The monoisotopic (exact) mass is 341 g/mol. The van der Waals surface area contributed by atoms with Gasteiger partial charge in [-0.2, -0.15) is 15.5 Å². The van der Waals surface area contributed by atoms with Crippen LogP contribution in [-0.4, -0.2) is 50.5 Å². The lowest BCUT2D eigenvalue weighted by Gasteiger charge is -2.28. The summed E-state index contributed by atoms with van der Waals surface area (Å²) in [6.45, 7) is 4.44. The van der Waals surface area contributed by atoms with Crippen molar-refractivity contribution in [2.24, 2.45) is 0 Å². The summed E-state index contributed by atoms with van der Waals surface area (Å²) in [5.74, 6) is 0.322. The second-order valence-electron chi connectivity index (χ2n) is 6.44. The number of nitriles is 1. The van der Waals surface area contributed by atoms with Crippen molar-refractivity contribution < 1.29 is 4.79 Å². The topological polar surface area (TPSA) is 91.8 Å². The first-order valence-electron chi connectivity index (χ1n) is 8.53. The number of piperidine rings is 1. The number of hydrogen-bond acceptors (Lipinski definition) is 5. The van der Waals surface area contributed by atoms with Gasteiger partial charge < -0.3 is 10.2 Å². The van der Waals surface area contributed by atoms with Gasteiger partial charge >= 0.3 is 0 Å². The molecule has 3 heterocycles. The number of nitrogens with one attached hydrogen (secondary N) is 1. The smallest absolute Gasteiger partial charge is 0.260 e. The molecule has 132 valence electrons. The zero-order valence-electron chi connectivity index (χ0n) is 14.6. The van der Waals surface area contributed by atoms with Crippen molar-refractivity contribution >= 4 is 11.7 Å². The summed E-state index contributed by atoms with van der Waals surface area (Å²) in [6, 6.07) is 4.29. The van der Waals surface area contributed by atoms with E-state index in [1.54, 1.807) is 4.68 Å². The van der Waals surface area contributed by atoms with Crippen molar-refractivity contribution in [1.82, 2.24) is 24.5 Å². The van der Waals surface area contributed by atoms with Crippen LogP contribution in [0, 0.1) is 18.3 Å². The Labute approximate surface area is 147 Å². The Bertz CT molecular complexity index is 777. The highest BCUT2D eigenvalue weighted by Crippen LogP contribution is 2.22. The van der Waals surface area contributed by atoms with Gasteiger partial charge in [0.05, 0.1) is 36.8 Å². The molecule has 0 saturated carbocycles. The Morgan fingerprint density at radius 2 is 2.20 bits per heavy atom. The van der Waals surface area contributed by atoms with Crippen molar-refractivity contribution in [2.75, 3.05) is 25.5 Å². The van der Waals surface area contributed by atoms with Crippen LogP contribution in [0.15, 0.2) is 18.5 Å². The highest BCUT2D eigenvalue weighted by Gasteiger charge is 2.20. The fraction of sp³-hybridized carbons (Fsp3) is 0.529. The molecule has 0 unspecified atom stereocenters. The van der Waals surface area contributed by atoms with Gasteiger partial charge in [0, 0.05) is 18.0 Å². The van der Waals surface area contributed by atoms with Gasteiger partial charge in [0.1, 0.15) is 0 Å². The van der Waals surface area contributed by atoms with Crippen molar-refractivity contribution in [3.63, 3.8) is 0 Å². The summed E-state index contributed by atoms with van der Waals surface area (Å²) in [6.07, 6.45) is 5.96. The van der Waals surface area contributed by atoms with Crippen LogP contribution in [0.25, 0.3) is 0 Å². The number of carbonyl (C=O) groups excluding carboxylic acids is 1. The fourth-order valence-electron chi connectivity index (χ4n) is 3.10. The van der Waals surface area contributed by atoms with E-state index in [0.29, 0.717) is 30.4 Å². The highest BCUT2D eigenvalue weighted by molar-refractivity contribution is 6.04. The van der Waals surface area contributed by atoms with Crippen LogP contribution in [-0.2, 0) is 6.54 Å². The molecule has 8 nitrogen and oxygen atoms in total. The third kappa shape index (κ3) is 3.88. The molecule has 0 aromatic carbocycles. The Kier molecular flexibility index (Phi) is 5.14. The number of carbonyl (C=O) groups is 1. The summed E-state index contributed by atoms with van der Waals surface area (Å²) in [5.41, 5.74) is 1.26. The molecule has 1 aliphatic rings. The maximum Gasteiger partial charge on any atom is 0.260 e. The van der Waals surface area contributed by atoms with Gasteiger partial charge in [-0.1, -0.05) is 0 Å². The molecule has 1 fully saturated rings. The number of likely N-dealkylation sites (tertiary alicyclic amines) is 1. The van der Waals surface area contributed by atoms with E-state index in [1.165, 1.54) is 6.20 Å². The minimum absolute atomic E-state index is 0.227. The van der Waals surface area contributed by atoms with Crippen LogP contribution in [0.5, 0.6) is 0 Å². The molecule has 1 N–H and O–H groups in total. The summed E-state index contributed by atoms with van der Waals surface area (Å²) in [5, 5.41) is 20.2. The lowest BCUT2D eigenvalue weighted by atomic mass is 10.1. The Hall–Kier alpha value is -2.66. The summed E-state index contributed by atoms with van der Waals surface area (Å²) in [4.78, 5) is 14.8. The molecule has 0 aliphatic carbocycles. The molecular weight excluding hydrogens is 318 g/mol. The Balaban J connectivity index is 1.64. The largest absolute Gasteiger partial charge is 0.306 e. The number of anilines is 1. The van der Waals surface area contributed by atoms with Crippen LogP contribution in [0.4, 0.5) is 5.82 Å². The van der Waals surface area contributed by atoms with Crippen molar-refractivity contribution in [3.8, 4) is 6.07 Å². The molecular formula is C17H23N7O. The minimum Gasteiger partial charge on any atom is -0.306 e. The van der Waals surface area contributed by atoms with Crippen LogP contribution in [0.1, 0.15) is 41.4 Å². The van der Waals surface area contributed by atoms with Gasteiger partial charge in [0.15, 0.2) is 5.82 Å². The third-order valence-corrected chi connectivity index (χ3v) is 4.70. The molecule has 1 amide bonds. The molecule has 0 bridgehead atoms. The molecule has 0 atom stereocenters. The van der Waals surface area contributed by atoms with Crippen molar-refractivity contribution in [3.05, 3.63) is 29.7 Å². The van der Waals surface area contributed by atoms with E-state index in [4.69, 9.17) is 5.26 Å². The van der Waals surface area contributed by atoms with Crippen LogP contribution < -0.4 is 5.32 Å². The number of rotatable bonds is 5. The van der Waals surface area contributed by atoms with Gasteiger partial charge in [0.25, 0.3) is 5.91 Å². The third-order valence-electron chi connectivity index (χ3n) is 4.70. The molecule has 3 rings (SSSR count). The Morgan fingerprint density at radius 3 is 2.92 bits per heavy atom. The molecule has 8 heteroatoms. The molecule has 0 radical (unpaired) electrons. The second-order valence-corrected chi connectivity index (χ2v) is 6.44. The molecule has 25 heavy (non-hydrogen) atoms. The van der Waals surface area contributed by atoms with Crippen LogP contribution in [0.3, 0.4) is 0 Å². The molecule has 2 aromatic rings. The molecule has 2 aromatic heterocycles. The first-order valence-corrected chi connectivity index (χ1v) is 8.53. The molecule has 1 saturated heterocycles. The van der Waals surface area contributed by atoms with E-state index in [-0.39, 0.29) is 5.91 Å². The van der Waals surface area contributed by atoms with E-state index >= 15 is 0 Å². The quantitative estimate of drug-likeness (QED) is 0.895. The van der Waals surface area contributed by atoms with Crippen LogP contribution in [0.2, 0.25) is 0 Å².